The van der Waals surface area contributed by atoms with Crippen molar-refractivity contribution >= 4 is 17.2 Å². The number of rotatable bonds is 7. The number of amides is 1. The third-order valence-electron chi connectivity index (χ3n) is 4.44. The summed E-state index contributed by atoms with van der Waals surface area (Å²) < 4.78 is 5.25. The number of nitrogens with zero attached hydrogens (tertiary/aromatic N) is 1. The van der Waals surface area contributed by atoms with Crippen molar-refractivity contribution in [2.75, 3.05) is 7.11 Å². The maximum absolute atomic E-state index is 12.4. The molecule has 0 bridgehead atoms. The average molecular weight is 344 g/mol. The Morgan fingerprint density at radius 1 is 1.42 bits per heavy atom. The molecule has 3 rings (SSSR count). The number of hydrogen-bond donors (Lipinski definition) is 1. The second-order valence-electron chi connectivity index (χ2n) is 6.56. The van der Waals surface area contributed by atoms with Crippen LogP contribution in [0.5, 0.6) is 5.75 Å². The number of benzene rings is 1. The van der Waals surface area contributed by atoms with Crippen LogP contribution in [0.3, 0.4) is 0 Å². The molecule has 1 aliphatic carbocycles. The van der Waals surface area contributed by atoms with Crippen molar-refractivity contribution in [1.29, 1.82) is 0 Å². The monoisotopic (exact) mass is 344 g/mol. The maximum atomic E-state index is 12.4. The summed E-state index contributed by atoms with van der Waals surface area (Å²) in [4.78, 5) is 17.0. The fourth-order valence-corrected chi connectivity index (χ4v) is 3.82. The summed E-state index contributed by atoms with van der Waals surface area (Å²) in [5, 5.41) is 6.36. The van der Waals surface area contributed by atoms with Crippen molar-refractivity contribution in [3.8, 4) is 5.75 Å². The molecule has 1 heterocycles. The van der Waals surface area contributed by atoms with E-state index in [-0.39, 0.29) is 17.9 Å². The number of nitrogens with one attached hydrogen (secondary N) is 1. The zero-order chi connectivity index (χ0) is 17.1. The molecule has 1 fully saturated rings. The molecule has 2 atom stereocenters. The van der Waals surface area contributed by atoms with Crippen molar-refractivity contribution in [3.63, 3.8) is 0 Å². The topological polar surface area (TPSA) is 51.2 Å². The van der Waals surface area contributed by atoms with Gasteiger partial charge in [0.05, 0.1) is 23.9 Å². The Morgan fingerprint density at radius 3 is 2.92 bits per heavy atom. The Hall–Kier alpha value is -1.88. The fourth-order valence-electron chi connectivity index (χ4n) is 2.74. The molecule has 1 N–H and O–H groups in total. The molecular formula is C19H24N2O2S. The Bertz CT molecular complexity index is 709. The summed E-state index contributed by atoms with van der Waals surface area (Å²) in [7, 11) is 1.65. The minimum Gasteiger partial charge on any atom is -0.497 e. The highest BCUT2D eigenvalue weighted by atomic mass is 32.1. The lowest BCUT2D eigenvalue weighted by molar-refractivity contribution is -0.122. The molecule has 24 heavy (non-hydrogen) atoms. The van der Waals surface area contributed by atoms with Gasteiger partial charge in [-0.1, -0.05) is 19.1 Å². The summed E-state index contributed by atoms with van der Waals surface area (Å²) in [5.41, 5.74) is 2.09. The first-order chi connectivity index (χ1) is 11.6. The van der Waals surface area contributed by atoms with Crippen LogP contribution in [0.2, 0.25) is 0 Å². The van der Waals surface area contributed by atoms with Crippen LogP contribution in [0.1, 0.15) is 67.3 Å². The first-order valence-corrected chi connectivity index (χ1v) is 9.33. The van der Waals surface area contributed by atoms with Gasteiger partial charge in [-0.15, -0.1) is 11.3 Å². The van der Waals surface area contributed by atoms with E-state index in [4.69, 9.17) is 4.74 Å². The smallest absolute Gasteiger partial charge is 0.221 e. The summed E-state index contributed by atoms with van der Waals surface area (Å²) in [6, 6.07) is 7.85. The van der Waals surface area contributed by atoms with E-state index in [1.807, 2.05) is 31.2 Å². The Kier molecular flexibility index (Phi) is 5.19. The van der Waals surface area contributed by atoms with Crippen LogP contribution in [0.15, 0.2) is 29.6 Å². The van der Waals surface area contributed by atoms with Crippen LogP contribution < -0.4 is 10.1 Å². The van der Waals surface area contributed by atoms with Crippen molar-refractivity contribution in [2.45, 2.75) is 51.0 Å². The molecule has 5 heteroatoms. The van der Waals surface area contributed by atoms with E-state index in [0.717, 1.165) is 17.0 Å². The van der Waals surface area contributed by atoms with Gasteiger partial charge >= 0.3 is 0 Å². The molecule has 1 aromatic heterocycles. The summed E-state index contributed by atoms with van der Waals surface area (Å²) >= 11 is 1.71. The normalized spacial score (nSPS) is 16.5. The number of aromatic nitrogens is 1. The number of methoxy groups -OCH3 is 1. The Morgan fingerprint density at radius 2 is 2.21 bits per heavy atom. The SMILES string of the molecule is COc1cccc([C@H](C)CC(=O)N[C@@H](C)c2csc(C3CC3)n2)c1. The van der Waals surface area contributed by atoms with Gasteiger partial charge in [0.15, 0.2) is 0 Å². The van der Waals surface area contributed by atoms with E-state index in [1.165, 1.54) is 17.8 Å². The van der Waals surface area contributed by atoms with Crippen molar-refractivity contribution in [1.82, 2.24) is 10.3 Å². The molecule has 2 aromatic rings. The maximum Gasteiger partial charge on any atom is 0.221 e. The Balaban J connectivity index is 1.55. The van der Waals surface area contributed by atoms with Crippen LogP contribution in [0.4, 0.5) is 0 Å². The second kappa shape index (κ2) is 7.34. The van der Waals surface area contributed by atoms with Gasteiger partial charge in [-0.3, -0.25) is 4.79 Å². The van der Waals surface area contributed by atoms with E-state index in [2.05, 4.69) is 22.6 Å². The number of hydrogen-bond acceptors (Lipinski definition) is 4. The van der Waals surface area contributed by atoms with Crippen molar-refractivity contribution in [2.24, 2.45) is 0 Å². The van der Waals surface area contributed by atoms with Crippen LogP contribution in [0.25, 0.3) is 0 Å². The summed E-state index contributed by atoms with van der Waals surface area (Å²) in [6.45, 7) is 4.06. The molecule has 1 aromatic carbocycles. The van der Waals surface area contributed by atoms with Gasteiger partial charge in [0, 0.05) is 17.7 Å². The molecule has 0 radical (unpaired) electrons. The van der Waals surface area contributed by atoms with E-state index in [1.54, 1.807) is 18.4 Å². The van der Waals surface area contributed by atoms with Gasteiger partial charge in [-0.2, -0.15) is 0 Å². The molecule has 0 spiro atoms. The Labute approximate surface area is 147 Å². The highest BCUT2D eigenvalue weighted by molar-refractivity contribution is 7.09. The summed E-state index contributed by atoms with van der Waals surface area (Å²) in [6.07, 6.45) is 2.97. The van der Waals surface area contributed by atoms with Crippen molar-refractivity contribution in [3.05, 3.63) is 45.9 Å². The molecule has 1 saturated carbocycles. The average Bonchev–Trinajstić information content (AvgIpc) is 3.31. The van der Waals surface area contributed by atoms with Crippen LogP contribution in [-0.2, 0) is 4.79 Å². The van der Waals surface area contributed by atoms with Crippen LogP contribution in [-0.4, -0.2) is 18.0 Å². The first kappa shape index (κ1) is 17.0. The minimum atomic E-state index is -0.0428. The van der Waals surface area contributed by atoms with E-state index in [9.17, 15) is 4.79 Å². The summed E-state index contributed by atoms with van der Waals surface area (Å²) in [5.74, 6) is 1.69. The van der Waals surface area contributed by atoms with Crippen LogP contribution in [0, 0.1) is 0 Å². The predicted octanol–water partition coefficient (Wildman–Crippen LogP) is 4.40. The lowest BCUT2D eigenvalue weighted by Gasteiger charge is -2.16. The second-order valence-corrected chi connectivity index (χ2v) is 7.45. The zero-order valence-corrected chi connectivity index (χ0v) is 15.2. The molecule has 0 saturated heterocycles. The van der Waals surface area contributed by atoms with Crippen LogP contribution >= 0.6 is 11.3 Å². The van der Waals surface area contributed by atoms with Gasteiger partial charge in [0.25, 0.3) is 0 Å². The molecule has 128 valence electrons. The standard InChI is InChI=1S/C19H24N2O2S/c1-12(15-5-4-6-16(10-15)23-3)9-18(22)20-13(2)17-11-24-19(21-17)14-7-8-14/h4-6,10-14H,7-9H2,1-3H3,(H,20,22)/t12-,13+/m1/s1. The fraction of sp³-hybridized carbons (Fsp3) is 0.474. The highest BCUT2D eigenvalue weighted by Gasteiger charge is 2.27. The van der Waals surface area contributed by atoms with Gasteiger partial charge in [-0.25, -0.2) is 4.98 Å². The highest BCUT2D eigenvalue weighted by Crippen LogP contribution is 2.41. The zero-order valence-electron chi connectivity index (χ0n) is 14.4. The molecule has 0 aliphatic heterocycles. The van der Waals surface area contributed by atoms with Gasteiger partial charge < -0.3 is 10.1 Å². The number of carbonyl (C=O) groups excluding carboxylic acids is 1. The lowest BCUT2D eigenvalue weighted by Crippen LogP contribution is -2.27. The third-order valence-corrected chi connectivity index (χ3v) is 5.47. The molecule has 0 unspecified atom stereocenters. The number of thiazole rings is 1. The van der Waals surface area contributed by atoms with E-state index < -0.39 is 0 Å². The molecule has 1 aliphatic rings. The largest absolute Gasteiger partial charge is 0.497 e. The number of carbonyl (C=O) groups is 1. The van der Waals surface area contributed by atoms with Gasteiger partial charge in [-0.05, 0) is 43.4 Å². The lowest BCUT2D eigenvalue weighted by atomic mass is 9.97. The van der Waals surface area contributed by atoms with Crippen molar-refractivity contribution < 1.29 is 9.53 Å². The number of ether oxygens (including phenoxy) is 1. The van der Waals surface area contributed by atoms with Gasteiger partial charge in [0.2, 0.25) is 5.91 Å². The third kappa shape index (κ3) is 4.15. The van der Waals surface area contributed by atoms with E-state index in [0.29, 0.717) is 12.3 Å². The van der Waals surface area contributed by atoms with E-state index >= 15 is 0 Å². The molecule has 4 nitrogen and oxygen atoms in total. The predicted molar refractivity (Wildman–Crippen MR) is 96.7 cm³/mol. The van der Waals surface area contributed by atoms with Gasteiger partial charge in [0.1, 0.15) is 5.75 Å². The molecule has 1 amide bonds. The first-order valence-electron chi connectivity index (χ1n) is 8.45. The molecular weight excluding hydrogens is 320 g/mol. The quantitative estimate of drug-likeness (QED) is 0.810. The minimum absolute atomic E-state index is 0.0428.